The van der Waals surface area contributed by atoms with E-state index in [1.807, 2.05) is 36.4 Å². The van der Waals surface area contributed by atoms with Crippen molar-refractivity contribution in [1.82, 2.24) is 4.90 Å². The first-order valence-corrected chi connectivity index (χ1v) is 9.12. The summed E-state index contributed by atoms with van der Waals surface area (Å²) in [5.74, 6) is 0.554. The van der Waals surface area contributed by atoms with Gasteiger partial charge in [-0.1, -0.05) is 41.9 Å². The highest BCUT2D eigenvalue weighted by molar-refractivity contribution is 6.30. The highest BCUT2D eigenvalue weighted by Gasteiger charge is 2.18. The summed E-state index contributed by atoms with van der Waals surface area (Å²) in [5, 5.41) is 0.579. The fourth-order valence-corrected chi connectivity index (χ4v) is 2.91. The number of benzene rings is 2. The number of nitrogens with zero attached hydrogens (tertiary/aromatic N) is 1. The molecular formula is C22H20ClNO3. The van der Waals surface area contributed by atoms with Crippen LogP contribution in [0.1, 0.15) is 34.5 Å². The van der Waals surface area contributed by atoms with E-state index in [1.54, 1.807) is 41.5 Å². The van der Waals surface area contributed by atoms with Gasteiger partial charge in [0.15, 0.2) is 5.78 Å². The molecule has 0 saturated carbocycles. The van der Waals surface area contributed by atoms with Gasteiger partial charge in [-0.2, -0.15) is 0 Å². The monoisotopic (exact) mass is 381 g/mol. The van der Waals surface area contributed by atoms with Crippen molar-refractivity contribution in [3.63, 3.8) is 0 Å². The SMILES string of the molecule is O=C(CCC(=O)N(Cc1ccccc1)Cc1ccco1)c1ccc(Cl)cc1. The maximum Gasteiger partial charge on any atom is 0.223 e. The third-order valence-corrected chi connectivity index (χ3v) is 4.48. The van der Waals surface area contributed by atoms with Crippen molar-refractivity contribution in [2.75, 3.05) is 0 Å². The van der Waals surface area contributed by atoms with Gasteiger partial charge in [-0.05, 0) is 42.0 Å². The Morgan fingerprint density at radius 2 is 1.59 bits per heavy atom. The fraction of sp³-hybridized carbons (Fsp3) is 0.182. The molecule has 0 radical (unpaired) electrons. The molecule has 5 heteroatoms. The number of rotatable bonds is 8. The fourth-order valence-electron chi connectivity index (χ4n) is 2.79. The summed E-state index contributed by atoms with van der Waals surface area (Å²) in [6.07, 6.45) is 1.89. The average Bonchev–Trinajstić information content (AvgIpc) is 3.20. The Morgan fingerprint density at radius 1 is 0.852 bits per heavy atom. The minimum Gasteiger partial charge on any atom is -0.467 e. The predicted molar refractivity (Wildman–Crippen MR) is 104 cm³/mol. The van der Waals surface area contributed by atoms with Crippen LogP contribution >= 0.6 is 11.6 Å². The molecule has 0 saturated heterocycles. The van der Waals surface area contributed by atoms with Gasteiger partial charge in [0.05, 0.1) is 12.8 Å². The van der Waals surface area contributed by atoms with Crippen molar-refractivity contribution in [3.8, 4) is 0 Å². The van der Waals surface area contributed by atoms with Gasteiger partial charge in [-0.15, -0.1) is 0 Å². The summed E-state index contributed by atoms with van der Waals surface area (Å²) in [6.45, 7) is 0.839. The van der Waals surface area contributed by atoms with Crippen molar-refractivity contribution in [1.29, 1.82) is 0 Å². The lowest BCUT2D eigenvalue weighted by atomic mass is 10.1. The molecule has 2 aromatic carbocycles. The number of furan rings is 1. The zero-order valence-electron chi connectivity index (χ0n) is 14.8. The number of Topliss-reactive ketones (excluding diaryl/α,β-unsaturated/α-hetero) is 1. The molecule has 0 atom stereocenters. The van der Waals surface area contributed by atoms with Crippen molar-refractivity contribution in [2.24, 2.45) is 0 Å². The van der Waals surface area contributed by atoms with E-state index in [0.29, 0.717) is 29.4 Å². The molecule has 3 rings (SSSR count). The van der Waals surface area contributed by atoms with Crippen LogP contribution in [0.2, 0.25) is 5.02 Å². The molecular weight excluding hydrogens is 362 g/mol. The standard InChI is InChI=1S/C22H20ClNO3/c23-19-10-8-18(9-11-19)21(25)12-13-22(26)24(16-20-7-4-14-27-20)15-17-5-2-1-3-6-17/h1-11,14H,12-13,15-16H2. The molecule has 3 aromatic rings. The Labute approximate surface area is 163 Å². The van der Waals surface area contributed by atoms with Gasteiger partial charge in [0.2, 0.25) is 5.91 Å². The number of hydrogen-bond donors (Lipinski definition) is 0. The second-order valence-electron chi connectivity index (χ2n) is 6.24. The molecule has 138 valence electrons. The maximum absolute atomic E-state index is 12.8. The zero-order valence-corrected chi connectivity index (χ0v) is 15.6. The van der Waals surface area contributed by atoms with Crippen molar-refractivity contribution < 1.29 is 14.0 Å². The molecule has 0 spiro atoms. The van der Waals surface area contributed by atoms with E-state index >= 15 is 0 Å². The van der Waals surface area contributed by atoms with E-state index in [9.17, 15) is 9.59 Å². The number of carbonyl (C=O) groups excluding carboxylic acids is 2. The molecule has 0 bridgehead atoms. The van der Waals surface area contributed by atoms with Crippen LogP contribution in [0.3, 0.4) is 0 Å². The molecule has 0 fully saturated rings. The summed E-state index contributed by atoms with van der Waals surface area (Å²) in [4.78, 5) is 26.8. The molecule has 0 N–H and O–H groups in total. The summed E-state index contributed by atoms with van der Waals surface area (Å²) < 4.78 is 5.38. The number of ketones is 1. The summed E-state index contributed by atoms with van der Waals surface area (Å²) >= 11 is 5.85. The lowest BCUT2D eigenvalue weighted by Crippen LogP contribution is -2.30. The van der Waals surface area contributed by atoms with Crippen LogP contribution in [-0.4, -0.2) is 16.6 Å². The highest BCUT2D eigenvalue weighted by Crippen LogP contribution is 2.15. The quantitative estimate of drug-likeness (QED) is 0.508. The van der Waals surface area contributed by atoms with Crippen LogP contribution in [0, 0.1) is 0 Å². The largest absolute Gasteiger partial charge is 0.467 e. The predicted octanol–water partition coefficient (Wildman–Crippen LogP) is 5.12. The molecule has 0 aliphatic rings. The van der Waals surface area contributed by atoms with E-state index in [4.69, 9.17) is 16.0 Å². The number of halogens is 1. The van der Waals surface area contributed by atoms with E-state index in [1.165, 1.54) is 0 Å². The lowest BCUT2D eigenvalue weighted by Gasteiger charge is -2.22. The summed E-state index contributed by atoms with van der Waals surface area (Å²) in [6, 6.07) is 20.1. The zero-order chi connectivity index (χ0) is 19.1. The minimum absolute atomic E-state index is 0.0716. The topological polar surface area (TPSA) is 50.5 Å². The van der Waals surface area contributed by atoms with E-state index < -0.39 is 0 Å². The van der Waals surface area contributed by atoms with Gasteiger partial charge in [0.25, 0.3) is 0 Å². The van der Waals surface area contributed by atoms with Gasteiger partial charge >= 0.3 is 0 Å². The Balaban J connectivity index is 1.64. The van der Waals surface area contributed by atoms with E-state index in [-0.39, 0.29) is 24.5 Å². The van der Waals surface area contributed by atoms with E-state index in [0.717, 1.165) is 5.56 Å². The van der Waals surface area contributed by atoms with Crippen molar-refractivity contribution in [2.45, 2.75) is 25.9 Å². The Morgan fingerprint density at radius 3 is 2.26 bits per heavy atom. The summed E-state index contributed by atoms with van der Waals surface area (Å²) in [7, 11) is 0. The van der Waals surface area contributed by atoms with Gasteiger partial charge in [0.1, 0.15) is 5.76 Å². The van der Waals surface area contributed by atoms with Crippen LogP contribution in [0.25, 0.3) is 0 Å². The van der Waals surface area contributed by atoms with Crippen LogP contribution in [0.4, 0.5) is 0 Å². The second-order valence-corrected chi connectivity index (χ2v) is 6.68. The smallest absolute Gasteiger partial charge is 0.223 e. The van der Waals surface area contributed by atoms with E-state index in [2.05, 4.69) is 0 Å². The van der Waals surface area contributed by atoms with Crippen LogP contribution in [0.15, 0.2) is 77.4 Å². The Bertz CT molecular complexity index is 874. The first-order valence-electron chi connectivity index (χ1n) is 8.74. The van der Waals surface area contributed by atoms with Crippen LogP contribution < -0.4 is 0 Å². The summed E-state index contributed by atoms with van der Waals surface area (Å²) in [5.41, 5.74) is 1.59. The molecule has 4 nitrogen and oxygen atoms in total. The Hall–Kier alpha value is -2.85. The van der Waals surface area contributed by atoms with Crippen molar-refractivity contribution >= 4 is 23.3 Å². The van der Waals surface area contributed by atoms with Gasteiger partial charge in [-0.3, -0.25) is 9.59 Å². The molecule has 1 heterocycles. The van der Waals surface area contributed by atoms with Gasteiger partial charge in [-0.25, -0.2) is 0 Å². The molecule has 27 heavy (non-hydrogen) atoms. The van der Waals surface area contributed by atoms with Crippen molar-refractivity contribution in [3.05, 3.63) is 94.9 Å². The number of hydrogen-bond acceptors (Lipinski definition) is 3. The normalized spacial score (nSPS) is 10.6. The Kier molecular flexibility index (Phi) is 6.44. The third-order valence-electron chi connectivity index (χ3n) is 4.23. The molecule has 0 aliphatic carbocycles. The lowest BCUT2D eigenvalue weighted by molar-refractivity contribution is -0.132. The molecule has 0 aliphatic heterocycles. The maximum atomic E-state index is 12.8. The van der Waals surface area contributed by atoms with Crippen LogP contribution in [0.5, 0.6) is 0 Å². The number of carbonyl (C=O) groups is 2. The van der Waals surface area contributed by atoms with Crippen LogP contribution in [-0.2, 0) is 17.9 Å². The molecule has 1 amide bonds. The third kappa shape index (κ3) is 5.56. The van der Waals surface area contributed by atoms with Gasteiger partial charge in [0, 0.05) is 30.0 Å². The molecule has 0 unspecified atom stereocenters. The first kappa shape index (κ1) is 18.9. The average molecular weight is 382 g/mol. The minimum atomic E-state index is -0.0856. The first-order chi connectivity index (χ1) is 13.1. The second kappa shape index (κ2) is 9.19. The number of amides is 1. The van der Waals surface area contributed by atoms with Gasteiger partial charge < -0.3 is 9.32 Å². The molecule has 1 aromatic heterocycles. The highest BCUT2D eigenvalue weighted by atomic mass is 35.5.